The molecule has 0 unspecified atom stereocenters. The van der Waals surface area contributed by atoms with E-state index in [0.29, 0.717) is 0 Å². The Kier molecular flexibility index (Phi) is 10.7. The minimum Gasteiger partial charge on any atom is -0.322 e. The zero-order chi connectivity index (χ0) is 27.7. The van der Waals surface area contributed by atoms with Crippen molar-refractivity contribution in [2.45, 2.75) is 110 Å². The summed E-state index contributed by atoms with van der Waals surface area (Å²) in [5.74, 6) is 3.77. The predicted octanol–water partition coefficient (Wildman–Crippen LogP) is 8.88. The molecule has 3 nitrogen and oxygen atoms in total. The molecule has 0 bridgehead atoms. The van der Waals surface area contributed by atoms with E-state index in [1.165, 1.54) is 20.9 Å². The molecule has 210 valence electrons. The number of nitrogens with zero attached hydrogens (tertiary/aromatic N) is 2. The maximum absolute atomic E-state index is 12.7. The maximum Gasteiger partial charge on any atom is 0.108 e. The van der Waals surface area contributed by atoms with E-state index in [1.54, 1.807) is 0 Å². The van der Waals surface area contributed by atoms with Gasteiger partial charge in [-0.3, -0.25) is 4.21 Å². The molecule has 0 saturated heterocycles. The molecule has 0 aromatic carbocycles. The van der Waals surface area contributed by atoms with Crippen molar-refractivity contribution < 1.29 is 4.21 Å². The number of thioether (sulfide) groups is 2. The molecular formula is C28H40N2OS7. The molecule has 0 atom stereocenters. The molecule has 0 amide bonds. The smallest absolute Gasteiger partial charge is 0.108 e. The highest BCUT2D eigenvalue weighted by atomic mass is 32.2. The van der Waals surface area contributed by atoms with Gasteiger partial charge in [0.05, 0.1) is 10.1 Å². The average molecular weight is 645 g/mol. The number of aromatic nitrogens is 2. The van der Waals surface area contributed by atoms with E-state index >= 15 is 0 Å². The Morgan fingerprint density at radius 3 is 1.58 bits per heavy atom. The molecule has 38 heavy (non-hydrogen) atoms. The monoisotopic (exact) mass is 644 g/mol. The Labute approximate surface area is 261 Å². The largest absolute Gasteiger partial charge is 0.322 e. The normalized spacial score (nSPS) is 15.3. The van der Waals surface area contributed by atoms with Crippen molar-refractivity contribution in [2.75, 3.05) is 23.0 Å². The summed E-state index contributed by atoms with van der Waals surface area (Å²) in [4.78, 5) is 2.60. The molecule has 0 fully saturated rings. The van der Waals surface area contributed by atoms with Crippen LogP contribution in [0.25, 0.3) is 0 Å². The number of unbranched alkanes of at least 4 members (excludes halogenated alkanes) is 2. The van der Waals surface area contributed by atoms with E-state index in [4.69, 9.17) is 49.7 Å². The van der Waals surface area contributed by atoms with Crippen LogP contribution in [0.5, 0.6) is 0 Å². The lowest BCUT2D eigenvalue weighted by Gasteiger charge is -2.31. The lowest BCUT2D eigenvalue weighted by Crippen LogP contribution is -2.29. The molecule has 2 aliphatic heterocycles. The molecule has 2 aromatic heterocycles. The fourth-order valence-corrected chi connectivity index (χ4v) is 11.6. The van der Waals surface area contributed by atoms with E-state index in [2.05, 4.69) is 49.0 Å². The van der Waals surface area contributed by atoms with E-state index in [-0.39, 0.29) is 11.1 Å². The van der Waals surface area contributed by atoms with Crippen molar-refractivity contribution in [1.29, 1.82) is 0 Å². The van der Waals surface area contributed by atoms with Crippen LogP contribution in [0, 0.1) is 9.28 Å². The summed E-state index contributed by atoms with van der Waals surface area (Å²) in [6, 6.07) is 4.29. The van der Waals surface area contributed by atoms with Gasteiger partial charge in [-0.25, -0.2) is 0 Å². The van der Waals surface area contributed by atoms with Gasteiger partial charge in [0.15, 0.2) is 0 Å². The third-order valence-electron chi connectivity index (χ3n) is 7.76. The van der Waals surface area contributed by atoms with Gasteiger partial charge in [-0.15, -0.1) is 48.8 Å². The molecule has 2 aliphatic rings. The SMILES string of the molecule is CC(C)(CCCCS(=O)CCCCC(C)(C)n1c(S)c2c(cc1=S)SCC2)n1c(S)c2c(cc1=S)SCC2. The van der Waals surface area contributed by atoms with Crippen molar-refractivity contribution in [3.8, 4) is 0 Å². The minimum atomic E-state index is -0.773. The van der Waals surface area contributed by atoms with Gasteiger partial charge in [0.1, 0.15) is 9.28 Å². The first-order valence-corrected chi connectivity index (χ1v) is 18.7. The van der Waals surface area contributed by atoms with Crippen LogP contribution >= 0.6 is 73.2 Å². The molecule has 4 heterocycles. The van der Waals surface area contributed by atoms with Crippen LogP contribution in [0.1, 0.15) is 77.3 Å². The number of hydrogen-bond acceptors (Lipinski definition) is 7. The third-order valence-corrected chi connectivity index (χ3v) is 13.0. The fraction of sp³-hybridized carbons (Fsp3) is 0.643. The maximum atomic E-state index is 12.7. The molecule has 4 rings (SSSR count). The number of thiol groups is 2. The molecule has 2 aromatic rings. The second kappa shape index (κ2) is 13.1. The predicted molar refractivity (Wildman–Crippen MR) is 178 cm³/mol. The van der Waals surface area contributed by atoms with Gasteiger partial charge in [-0.2, -0.15) is 0 Å². The standard InChI is InChI=1S/C28H40N2OS7/c1-27(2,29-23(32)17-21-19(25(29)34)9-13-36-21)11-5-7-15-38(31)16-8-6-12-28(3,4)30-24(33)18-22-20(26(30)35)10-14-37-22/h17-18,34-35H,5-16H2,1-4H3. The second-order valence-electron chi connectivity index (χ2n) is 11.6. The van der Waals surface area contributed by atoms with Crippen molar-refractivity contribution in [1.82, 2.24) is 9.13 Å². The van der Waals surface area contributed by atoms with Gasteiger partial charge in [0.25, 0.3) is 0 Å². The highest BCUT2D eigenvalue weighted by Crippen LogP contribution is 2.40. The van der Waals surface area contributed by atoms with Crippen LogP contribution in [-0.4, -0.2) is 36.4 Å². The number of pyridine rings is 2. The van der Waals surface area contributed by atoms with E-state index in [1.807, 2.05) is 23.5 Å². The summed E-state index contributed by atoms with van der Waals surface area (Å²) < 4.78 is 18.9. The van der Waals surface area contributed by atoms with Crippen LogP contribution in [0.15, 0.2) is 32.0 Å². The summed E-state index contributed by atoms with van der Waals surface area (Å²) in [6.07, 6.45) is 8.15. The van der Waals surface area contributed by atoms with Crippen LogP contribution in [0.2, 0.25) is 0 Å². The van der Waals surface area contributed by atoms with Crippen molar-refractivity contribution >= 4 is 84.0 Å². The number of rotatable bonds is 12. The Balaban J connectivity index is 1.21. The Bertz CT molecular complexity index is 1230. The van der Waals surface area contributed by atoms with Gasteiger partial charge < -0.3 is 9.13 Å². The lowest BCUT2D eigenvalue weighted by molar-refractivity contribution is 0.290. The highest BCUT2D eigenvalue weighted by molar-refractivity contribution is 8.00. The second-order valence-corrected chi connectivity index (χ2v) is 17.2. The Hall–Kier alpha value is 0.290. The van der Waals surface area contributed by atoms with Crippen molar-refractivity contribution in [3.63, 3.8) is 0 Å². The molecule has 10 heteroatoms. The number of hydrogen-bond donors (Lipinski definition) is 2. The molecular weight excluding hydrogens is 605 g/mol. The minimum absolute atomic E-state index is 0.104. The summed E-state index contributed by atoms with van der Waals surface area (Å²) in [5.41, 5.74) is 2.47. The Morgan fingerprint density at radius 1 is 0.789 bits per heavy atom. The van der Waals surface area contributed by atoms with Gasteiger partial charge in [-0.1, -0.05) is 37.3 Å². The van der Waals surface area contributed by atoms with Gasteiger partial charge in [0, 0.05) is 54.7 Å². The average Bonchev–Trinajstić information content (AvgIpc) is 3.49. The first kappa shape index (κ1) is 31.2. The zero-order valence-electron chi connectivity index (χ0n) is 22.9. The van der Waals surface area contributed by atoms with E-state index < -0.39 is 10.8 Å². The van der Waals surface area contributed by atoms with Crippen molar-refractivity contribution in [3.05, 3.63) is 32.5 Å². The van der Waals surface area contributed by atoms with Crippen LogP contribution in [0.4, 0.5) is 0 Å². The van der Waals surface area contributed by atoms with E-state index in [9.17, 15) is 4.21 Å². The molecule has 0 aliphatic carbocycles. The molecule has 0 saturated carbocycles. The van der Waals surface area contributed by atoms with Gasteiger partial charge in [0.2, 0.25) is 0 Å². The van der Waals surface area contributed by atoms with Crippen LogP contribution in [-0.2, 0) is 34.7 Å². The summed E-state index contributed by atoms with van der Waals surface area (Å²) in [6.45, 7) is 8.99. The molecule has 0 N–H and O–H groups in total. The van der Waals surface area contributed by atoms with E-state index in [0.717, 1.165) is 93.7 Å². The van der Waals surface area contributed by atoms with Crippen LogP contribution < -0.4 is 0 Å². The third kappa shape index (κ3) is 7.01. The first-order chi connectivity index (χ1) is 17.9. The lowest BCUT2D eigenvalue weighted by atomic mass is 9.96. The highest BCUT2D eigenvalue weighted by Gasteiger charge is 2.27. The first-order valence-electron chi connectivity index (χ1n) is 13.5. The topological polar surface area (TPSA) is 26.9 Å². The summed E-state index contributed by atoms with van der Waals surface area (Å²) in [5, 5.41) is 2.05. The summed E-state index contributed by atoms with van der Waals surface area (Å²) >= 11 is 25.0. The van der Waals surface area contributed by atoms with Gasteiger partial charge >= 0.3 is 0 Å². The Morgan fingerprint density at radius 2 is 1.18 bits per heavy atom. The fourth-order valence-electron chi connectivity index (χ4n) is 5.62. The molecule has 0 radical (unpaired) electrons. The van der Waals surface area contributed by atoms with Crippen LogP contribution in [0.3, 0.4) is 0 Å². The zero-order valence-corrected chi connectivity index (χ0v) is 28.7. The molecule has 0 spiro atoms. The van der Waals surface area contributed by atoms with Crippen molar-refractivity contribution in [2.24, 2.45) is 0 Å². The number of fused-ring (bicyclic) bond motifs is 2. The summed E-state index contributed by atoms with van der Waals surface area (Å²) in [7, 11) is -0.773. The quantitative estimate of drug-likeness (QED) is 0.137. The van der Waals surface area contributed by atoms with Gasteiger partial charge in [-0.05, 0) is 89.5 Å².